The van der Waals surface area contributed by atoms with Gasteiger partial charge in [0.15, 0.2) is 5.60 Å². The molecular weight excluding hydrogens is 318 g/mol. The van der Waals surface area contributed by atoms with Crippen molar-refractivity contribution in [1.82, 2.24) is 15.1 Å². The zero-order chi connectivity index (χ0) is 17.7. The highest BCUT2D eigenvalue weighted by molar-refractivity contribution is 5.86. The summed E-state index contributed by atoms with van der Waals surface area (Å²) in [5.74, 6) is -0.132. The third-order valence-electron chi connectivity index (χ3n) is 5.11. The van der Waals surface area contributed by atoms with Crippen LogP contribution in [-0.4, -0.2) is 71.6 Å². The lowest BCUT2D eigenvalue weighted by molar-refractivity contribution is -0.159. The van der Waals surface area contributed by atoms with Gasteiger partial charge in [0.25, 0.3) is 5.91 Å². The van der Waals surface area contributed by atoms with E-state index in [1.807, 2.05) is 23.1 Å². The van der Waals surface area contributed by atoms with Crippen LogP contribution in [0, 0.1) is 0 Å². The largest absolute Gasteiger partial charge is 0.379 e. The number of carbonyl (C=O) groups excluding carboxylic acids is 2. The molecule has 6 nitrogen and oxygen atoms in total. The number of β-amino-alcohol motifs (C(OH)–C–C–N with tert-alkyl or cyclic N) is 1. The fourth-order valence-corrected chi connectivity index (χ4v) is 3.68. The van der Waals surface area contributed by atoms with Gasteiger partial charge in [-0.2, -0.15) is 0 Å². The van der Waals surface area contributed by atoms with Gasteiger partial charge >= 0.3 is 0 Å². The average molecular weight is 345 g/mol. The van der Waals surface area contributed by atoms with Crippen LogP contribution in [0.25, 0.3) is 0 Å². The minimum atomic E-state index is -1.33. The second-order valence-corrected chi connectivity index (χ2v) is 7.04. The second kappa shape index (κ2) is 7.97. The summed E-state index contributed by atoms with van der Waals surface area (Å²) in [7, 11) is 0. The smallest absolute Gasteiger partial charge is 0.255 e. The van der Waals surface area contributed by atoms with Gasteiger partial charge in [0.2, 0.25) is 5.91 Å². The number of hydrogen-bond acceptors (Lipinski definition) is 4. The third-order valence-corrected chi connectivity index (χ3v) is 5.11. The SMILES string of the molecule is O=C1CCN(CC2(O)CCCN(CCc3ccccc3)C2=O)CCN1. The molecule has 1 aromatic carbocycles. The zero-order valence-electron chi connectivity index (χ0n) is 14.6. The van der Waals surface area contributed by atoms with Gasteiger partial charge in [-0.1, -0.05) is 30.3 Å². The second-order valence-electron chi connectivity index (χ2n) is 7.04. The normalized spacial score (nSPS) is 25.6. The predicted molar refractivity (Wildman–Crippen MR) is 95.0 cm³/mol. The molecule has 1 aromatic rings. The Morgan fingerprint density at radius 1 is 1.12 bits per heavy atom. The van der Waals surface area contributed by atoms with Crippen LogP contribution < -0.4 is 5.32 Å². The Balaban J connectivity index is 1.59. The fourth-order valence-electron chi connectivity index (χ4n) is 3.68. The first kappa shape index (κ1) is 17.9. The molecule has 2 aliphatic rings. The van der Waals surface area contributed by atoms with Gasteiger partial charge in [-0.15, -0.1) is 0 Å². The van der Waals surface area contributed by atoms with E-state index in [0.29, 0.717) is 52.1 Å². The molecule has 0 bridgehead atoms. The maximum atomic E-state index is 12.9. The molecule has 0 aromatic heterocycles. The van der Waals surface area contributed by atoms with Crippen LogP contribution in [-0.2, 0) is 16.0 Å². The van der Waals surface area contributed by atoms with Crippen molar-refractivity contribution >= 4 is 11.8 Å². The van der Waals surface area contributed by atoms with Gasteiger partial charge in [-0.25, -0.2) is 0 Å². The van der Waals surface area contributed by atoms with E-state index in [2.05, 4.69) is 17.4 Å². The molecule has 3 rings (SSSR count). The number of amides is 2. The molecule has 136 valence electrons. The molecule has 1 unspecified atom stereocenters. The van der Waals surface area contributed by atoms with E-state index in [-0.39, 0.29) is 11.8 Å². The molecule has 6 heteroatoms. The number of carbonyl (C=O) groups is 2. The molecule has 2 N–H and O–H groups in total. The molecule has 2 heterocycles. The molecule has 2 saturated heterocycles. The van der Waals surface area contributed by atoms with E-state index < -0.39 is 5.60 Å². The van der Waals surface area contributed by atoms with Crippen LogP contribution in [0.4, 0.5) is 0 Å². The standard InChI is InChI=1S/C19H27N3O3/c23-17-8-12-21(14-10-20-17)15-19(25)9-4-11-22(18(19)24)13-7-16-5-2-1-3-6-16/h1-3,5-6,25H,4,7-15H2,(H,20,23). The summed E-state index contributed by atoms with van der Waals surface area (Å²) in [6.07, 6.45) is 2.51. The molecule has 2 fully saturated rings. The maximum Gasteiger partial charge on any atom is 0.255 e. The minimum Gasteiger partial charge on any atom is -0.379 e. The van der Waals surface area contributed by atoms with Crippen LogP contribution in [0.1, 0.15) is 24.8 Å². The number of nitrogens with zero attached hydrogens (tertiary/aromatic N) is 2. The van der Waals surface area contributed by atoms with Crippen LogP contribution in [0.2, 0.25) is 0 Å². The Labute approximate surface area is 148 Å². The van der Waals surface area contributed by atoms with Crippen LogP contribution in [0.15, 0.2) is 30.3 Å². The summed E-state index contributed by atoms with van der Waals surface area (Å²) in [6.45, 7) is 3.47. The minimum absolute atomic E-state index is 0.0361. The monoisotopic (exact) mass is 345 g/mol. The number of likely N-dealkylation sites (tertiary alicyclic amines) is 1. The molecular formula is C19H27N3O3. The highest BCUT2D eigenvalue weighted by Crippen LogP contribution is 2.24. The molecule has 1 atom stereocenters. The van der Waals surface area contributed by atoms with E-state index >= 15 is 0 Å². The Morgan fingerprint density at radius 2 is 1.92 bits per heavy atom. The molecule has 25 heavy (non-hydrogen) atoms. The molecule has 2 amide bonds. The average Bonchev–Trinajstić information content (AvgIpc) is 2.82. The summed E-state index contributed by atoms with van der Waals surface area (Å²) in [5.41, 5.74) is -0.135. The summed E-state index contributed by atoms with van der Waals surface area (Å²) < 4.78 is 0. The van der Waals surface area contributed by atoms with Crippen LogP contribution in [0.3, 0.4) is 0 Å². The quantitative estimate of drug-likeness (QED) is 0.811. The van der Waals surface area contributed by atoms with Crippen molar-refractivity contribution in [1.29, 1.82) is 0 Å². The van der Waals surface area contributed by atoms with Crippen molar-refractivity contribution < 1.29 is 14.7 Å². The van der Waals surface area contributed by atoms with E-state index in [1.165, 1.54) is 5.56 Å². The molecule has 0 radical (unpaired) electrons. The van der Waals surface area contributed by atoms with Gasteiger partial charge in [0, 0.05) is 45.7 Å². The van der Waals surface area contributed by atoms with Crippen molar-refractivity contribution in [2.75, 3.05) is 39.3 Å². The van der Waals surface area contributed by atoms with Gasteiger partial charge in [0.05, 0.1) is 0 Å². The lowest BCUT2D eigenvalue weighted by Crippen LogP contribution is -2.59. The highest BCUT2D eigenvalue weighted by atomic mass is 16.3. The topological polar surface area (TPSA) is 72.9 Å². The van der Waals surface area contributed by atoms with Crippen molar-refractivity contribution in [3.8, 4) is 0 Å². The number of piperidine rings is 1. The molecule has 0 aliphatic carbocycles. The summed E-state index contributed by atoms with van der Waals surface area (Å²) in [4.78, 5) is 28.1. The van der Waals surface area contributed by atoms with E-state index in [0.717, 1.165) is 12.8 Å². The Kier molecular flexibility index (Phi) is 5.71. The Morgan fingerprint density at radius 3 is 2.72 bits per heavy atom. The first-order valence-electron chi connectivity index (χ1n) is 9.12. The van der Waals surface area contributed by atoms with Crippen molar-refractivity contribution in [2.45, 2.75) is 31.3 Å². The third kappa shape index (κ3) is 4.58. The Hall–Kier alpha value is -1.92. The van der Waals surface area contributed by atoms with Gasteiger partial charge in [0.1, 0.15) is 0 Å². The highest BCUT2D eigenvalue weighted by Gasteiger charge is 2.43. The summed E-state index contributed by atoms with van der Waals surface area (Å²) in [5, 5.41) is 13.8. The van der Waals surface area contributed by atoms with E-state index in [1.54, 1.807) is 4.90 Å². The number of benzene rings is 1. The van der Waals surface area contributed by atoms with Gasteiger partial charge < -0.3 is 15.3 Å². The van der Waals surface area contributed by atoms with E-state index in [4.69, 9.17) is 0 Å². The number of hydrogen-bond donors (Lipinski definition) is 2. The van der Waals surface area contributed by atoms with Gasteiger partial charge in [-0.05, 0) is 24.8 Å². The van der Waals surface area contributed by atoms with Crippen LogP contribution >= 0.6 is 0 Å². The summed E-state index contributed by atoms with van der Waals surface area (Å²) >= 11 is 0. The number of nitrogens with one attached hydrogen (secondary N) is 1. The number of aliphatic hydroxyl groups is 1. The summed E-state index contributed by atoms with van der Waals surface area (Å²) in [6, 6.07) is 10.1. The molecule has 0 saturated carbocycles. The van der Waals surface area contributed by atoms with E-state index in [9.17, 15) is 14.7 Å². The van der Waals surface area contributed by atoms with Crippen LogP contribution in [0.5, 0.6) is 0 Å². The predicted octanol–water partition coefficient (Wildman–Crippen LogP) is 0.405. The van der Waals surface area contributed by atoms with Crippen molar-refractivity contribution in [3.05, 3.63) is 35.9 Å². The first-order valence-corrected chi connectivity index (χ1v) is 9.12. The Bertz CT molecular complexity index is 607. The lowest BCUT2D eigenvalue weighted by atomic mass is 9.90. The van der Waals surface area contributed by atoms with Crippen molar-refractivity contribution in [2.24, 2.45) is 0 Å². The fraction of sp³-hybridized carbons (Fsp3) is 0.579. The van der Waals surface area contributed by atoms with Gasteiger partial charge in [-0.3, -0.25) is 14.5 Å². The molecule has 2 aliphatic heterocycles. The first-order chi connectivity index (χ1) is 12.1. The molecule has 0 spiro atoms. The number of rotatable bonds is 5. The zero-order valence-corrected chi connectivity index (χ0v) is 14.6. The maximum absolute atomic E-state index is 12.9. The van der Waals surface area contributed by atoms with Crippen molar-refractivity contribution in [3.63, 3.8) is 0 Å². The lowest BCUT2D eigenvalue weighted by Gasteiger charge is -2.40.